The second-order valence-electron chi connectivity index (χ2n) is 4.58. The van der Waals surface area contributed by atoms with Crippen molar-refractivity contribution >= 4 is 0 Å². The maximum absolute atomic E-state index is 5.95. The molecule has 2 unspecified atom stereocenters. The largest absolute Gasteiger partial charge is 0.327 e. The van der Waals surface area contributed by atoms with E-state index in [2.05, 4.69) is 31.6 Å². The summed E-state index contributed by atoms with van der Waals surface area (Å²) in [6.45, 7) is 8.44. The number of nitrogens with zero attached hydrogens (tertiary/aromatic N) is 1. The van der Waals surface area contributed by atoms with Crippen LogP contribution in [-0.2, 0) is 0 Å². The molecule has 2 heteroatoms. The maximum Gasteiger partial charge on any atom is 0.0766 e. The summed E-state index contributed by atoms with van der Waals surface area (Å²) >= 11 is 0. The highest BCUT2D eigenvalue weighted by Gasteiger charge is 2.31. The zero-order valence-corrected chi connectivity index (χ0v) is 8.88. The molecule has 0 aliphatic carbocycles. The molecular formula is C11H20N2. The van der Waals surface area contributed by atoms with Gasteiger partial charge >= 0.3 is 0 Å². The third-order valence-electron chi connectivity index (χ3n) is 3.12. The van der Waals surface area contributed by atoms with E-state index in [-0.39, 0.29) is 5.54 Å². The van der Waals surface area contributed by atoms with Crippen LogP contribution in [0, 0.1) is 18.3 Å². The zero-order valence-electron chi connectivity index (χ0n) is 8.88. The van der Waals surface area contributed by atoms with Crippen molar-refractivity contribution in [2.45, 2.75) is 38.8 Å². The molecule has 2 N–H and O–H groups in total. The van der Waals surface area contributed by atoms with Crippen LogP contribution in [0.25, 0.3) is 0 Å². The van der Waals surface area contributed by atoms with Crippen molar-refractivity contribution in [3.63, 3.8) is 0 Å². The highest BCUT2D eigenvalue weighted by Crippen LogP contribution is 2.22. The fraction of sp³-hybridized carbons (Fsp3) is 0.818. The van der Waals surface area contributed by atoms with Crippen LogP contribution in [0.3, 0.4) is 0 Å². The molecule has 1 saturated heterocycles. The van der Waals surface area contributed by atoms with Crippen LogP contribution >= 0.6 is 0 Å². The lowest BCUT2D eigenvalue weighted by Gasteiger charge is -2.42. The van der Waals surface area contributed by atoms with E-state index in [1.165, 1.54) is 0 Å². The van der Waals surface area contributed by atoms with Crippen LogP contribution in [0.1, 0.15) is 27.2 Å². The van der Waals surface area contributed by atoms with E-state index in [1.54, 1.807) is 0 Å². The highest BCUT2D eigenvalue weighted by atomic mass is 15.2. The Labute approximate surface area is 81.5 Å². The van der Waals surface area contributed by atoms with Crippen molar-refractivity contribution in [3.05, 3.63) is 0 Å². The van der Waals surface area contributed by atoms with E-state index in [9.17, 15) is 0 Å². The highest BCUT2D eigenvalue weighted by molar-refractivity contribution is 5.09. The summed E-state index contributed by atoms with van der Waals surface area (Å²) in [6, 6.07) is 0.352. The van der Waals surface area contributed by atoms with Crippen molar-refractivity contribution in [3.8, 4) is 12.3 Å². The molecule has 1 aliphatic rings. The lowest BCUT2D eigenvalue weighted by Crippen LogP contribution is -2.53. The number of terminal acetylenes is 1. The fourth-order valence-corrected chi connectivity index (χ4v) is 1.76. The molecular weight excluding hydrogens is 160 g/mol. The first kappa shape index (κ1) is 10.6. The second kappa shape index (κ2) is 3.69. The molecule has 0 spiro atoms. The summed E-state index contributed by atoms with van der Waals surface area (Å²) in [5.41, 5.74) is 5.83. The van der Waals surface area contributed by atoms with Gasteiger partial charge in [-0.15, -0.1) is 6.42 Å². The van der Waals surface area contributed by atoms with Crippen molar-refractivity contribution in [2.75, 3.05) is 13.1 Å². The minimum atomic E-state index is -0.117. The number of nitrogens with two attached hydrogens (primary N) is 1. The normalized spacial score (nSPS) is 31.3. The van der Waals surface area contributed by atoms with Crippen LogP contribution in [0.2, 0.25) is 0 Å². The van der Waals surface area contributed by atoms with Gasteiger partial charge in [0.1, 0.15) is 0 Å². The van der Waals surface area contributed by atoms with Crippen LogP contribution in [0.4, 0.5) is 0 Å². The van der Waals surface area contributed by atoms with Crippen LogP contribution in [0.5, 0.6) is 0 Å². The quantitative estimate of drug-likeness (QED) is 0.612. The van der Waals surface area contributed by atoms with E-state index in [1.807, 2.05) is 0 Å². The topological polar surface area (TPSA) is 29.3 Å². The van der Waals surface area contributed by atoms with Gasteiger partial charge in [0.2, 0.25) is 0 Å². The first-order valence-corrected chi connectivity index (χ1v) is 4.96. The Morgan fingerprint density at radius 3 is 2.62 bits per heavy atom. The second-order valence-corrected chi connectivity index (χ2v) is 4.58. The van der Waals surface area contributed by atoms with Crippen molar-refractivity contribution in [1.29, 1.82) is 0 Å². The number of hydrogen-bond donors (Lipinski definition) is 1. The van der Waals surface area contributed by atoms with E-state index in [0.717, 1.165) is 19.5 Å². The van der Waals surface area contributed by atoms with Gasteiger partial charge in [0, 0.05) is 19.1 Å². The van der Waals surface area contributed by atoms with E-state index >= 15 is 0 Å². The molecule has 74 valence electrons. The SMILES string of the molecule is C#CC(C)(C)N1CCC(N)C(C)C1. The lowest BCUT2D eigenvalue weighted by molar-refractivity contribution is 0.0970. The maximum atomic E-state index is 5.95. The molecule has 0 aromatic heterocycles. The van der Waals surface area contributed by atoms with Crippen molar-refractivity contribution in [2.24, 2.45) is 11.7 Å². The van der Waals surface area contributed by atoms with Crippen LogP contribution in [0.15, 0.2) is 0 Å². The number of likely N-dealkylation sites (tertiary alicyclic amines) is 1. The lowest BCUT2D eigenvalue weighted by atomic mass is 9.91. The molecule has 0 aromatic carbocycles. The average molecular weight is 180 g/mol. The third-order valence-corrected chi connectivity index (χ3v) is 3.12. The molecule has 2 nitrogen and oxygen atoms in total. The van der Waals surface area contributed by atoms with Crippen molar-refractivity contribution in [1.82, 2.24) is 4.90 Å². The molecule has 0 saturated carbocycles. The number of rotatable bonds is 1. The van der Waals surface area contributed by atoms with Gasteiger partial charge in [-0.1, -0.05) is 12.8 Å². The van der Waals surface area contributed by atoms with Crippen LogP contribution < -0.4 is 5.73 Å². The Morgan fingerprint density at radius 2 is 2.15 bits per heavy atom. The predicted octanol–water partition coefficient (Wildman–Crippen LogP) is 1.07. The Balaban J connectivity index is 2.61. The molecule has 1 heterocycles. The Morgan fingerprint density at radius 1 is 1.54 bits per heavy atom. The van der Waals surface area contributed by atoms with Gasteiger partial charge in [-0.3, -0.25) is 4.90 Å². The average Bonchev–Trinajstić information content (AvgIpc) is 2.09. The summed E-state index contributed by atoms with van der Waals surface area (Å²) in [4.78, 5) is 2.35. The smallest absolute Gasteiger partial charge is 0.0766 e. The summed E-state index contributed by atoms with van der Waals surface area (Å²) in [5.74, 6) is 3.39. The van der Waals surface area contributed by atoms with Crippen LogP contribution in [-0.4, -0.2) is 29.6 Å². The minimum Gasteiger partial charge on any atom is -0.327 e. The Bertz CT molecular complexity index is 215. The van der Waals surface area contributed by atoms with E-state index in [0.29, 0.717) is 12.0 Å². The predicted molar refractivity (Wildman–Crippen MR) is 56.2 cm³/mol. The van der Waals surface area contributed by atoms with Gasteiger partial charge in [0.15, 0.2) is 0 Å². The summed E-state index contributed by atoms with van der Waals surface area (Å²) in [7, 11) is 0. The first-order valence-electron chi connectivity index (χ1n) is 4.96. The summed E-state index contributed by atoms with van der Waals surface area (Å²) in [5, 5.41) is 0. The standard InChI is InChI=1S/C11H20N2/c1-5-11(3,4)13-7-6-10(12)9(2)8-13/h1,9-10H,6-8,12H2,2-4H3. The number of hydrogen-bond acceptors (Lipinski definition) is 2. The molecule has 0 aromatic rings. The Kier molecular flexibility index (Phi) is 3.00. The Hall–Kier alpha value is -0.520. The van der Waals surface area contributed by atoms with Gasteiger partial charge in [-0.25, -0.2) is 0 Å². The molecule has 1 fully saturated rings. The number of piperidine rings is 1. The molecule has 0 amide bonds. The monoisotopic (exact) mass is 180 g/mol. The molecule has 1 rings (SSSR count). The summed E-state index contributed by atoms with van der Waals surface area (Å²) < 4.78 is 0. The molecule has 1 aliphatic heterocycles. The third kappa shape index (κ3) is 2.24. The van der Waals surface area contributed by atoms with Gasteiger partial charge in [0.25, 0.3) is 0 Å². The molecule has 0 bridgehead atoms. The molecule has 13 heavy (non-hydrogen) atoms. The zero-order chi connectivity index (χ0) is 10.1. The fourth-order valence-electron chi connectivity index (χ4n) is 1.76. The van der Waals surface area contributed by atoms with Gasteiger partial charge in [-0.2, -0.15) is 0 Å². The van der Waals surface area contributed by atoms with Gasteiger partial charge in [0.05, 0.1) is 5.54 Å². The molecule has 2 atom stereocenters. The van der Waals surface area contributed by atoms with E-state index < -0.39 is 0 Å². The minimum absolute atomic E-state index is 0.117. The van der Waals surface area contributed by atoms with Gasteiger partial charge < -0.3 is 5.73 Å². The van der Waals surface area contributed by atoms with Crippen molar-refractivity contribution < 1.29 is 0 Å². The van der Waals surface area contributed by atoms with Gasteiger partial charge in [-0.05, 0) is 26.2 Å². The first-order chi connectivity index (χ1) is 5.97. The molecule has 0 radical (unpaired) electrons. The summed E-state index contributed by atoms with van der Waals surface area (Å²) in [6.07, 6.45) is 6.56. The van der Waals surface area contributed by atoms with E-state index in [4.69, 9.17) is 12.2 Å².